The normalized spacial score (nSPS) is 24.7. The standard InChI is InChI=1S/C14H27O5P/c15-11-14(16)20(17,18-12-7-3-1-4-8-12)19-13-9-5-2-6-10-13/h12-16H,1-11H2. The van der Waals surface area contributed by atoms with Crippen molar-refractivity contribution in [2.45, 2.75) is 82.3 Å². The van der Waals surface area contributed by atoms with Gasteiger partial charge in [0.2, 0.25) is 0 Å². The molecule has 118 valence electrons. The molecule has 20 heavy (non-hydrogen) atoms. The van der Waals surface area contributed by atoms with Gasteiger partial charge in [-0.3, -0.25) is 4.57 Å². The Hall–Kier alpha value is 0.0700. The zero-order valence-corrected chi connectivity index (χ0v) is 13.0. The fourth-order valence-electron chi connectivity index (χ4n) is 3.02. The van der Waals surface area contributed by atoms with E-state index in [9.17, 15) is 9.67 Å². The molecular weight excluding hydrogens is 279 g/mol. The highest BCUT2D eigenvalue weighted by Gasteiger charge is 2.39. The van der Waals surface area contributed by atoms with Gasteiger partial charge in [0.05, 0.1) is 18.8 Å². The highest BCUT2D eigenvalue weighted by atomic mass is 31.2. The van der Waals surface area contributed by atoms with Crippen molar-refractivity contribution in [3.63, 3.8) is 0 Å². The first-order valence-corrected chi connectivity index (χ1v) is 9.50. The molecule has 0 aliphatic heterocycles. The van der Waals surface area contributed by atoms with Crippen LogP contribution in [-0.4, -0.2) is 34.9 Å². The molecule has 2 aliphatic rings. The maximum atomic E-state index is 12.8. The summed E-state index contributed by atoms with van der Waals surface area (Å²) in [5.41, 5.74) is 0. The Kier molecular flexibility index (Phi) is 6.50. The molecule has 0 heterocycles. The van der Waals surface area contributed by atoms with E-state index < -0.39 is 20.0 Å². The second kappa shape index (κ2) is 7.90. The van der Waals surface area contributed by atoms with Crippen molar-refractivity contribution in [1.82, 2.24) is 0 Å². The van der Waals surface area contributed by atoms with E-state index in [0.29, 0.717) is 0 Å². The Balaban J connectivity index is 1.97. The van der Waals surface area contributed by atoms with Crippen LogP contribution >= 0.6 is 7.60 Å². The van der Waals surface area contributed by atoms with Crippen molar-refractivity contribution in [2.24, 2.45) is 0 Å². The fraction of sp³-hybridized carbons (Fsp3) is 1.00. The van der Waals surface area contributed by atoms with Crippen molar-refractivity contribution < 1.29 is 23.8 Å². The van der Waals surface area contributed by atoms with Gasteiger partial charge >= 0.3 is 7.60 Å². The Labute approximate surface area is 121 Å². The van der Waals surface area contributed by atoms with Gasteiger partial charge in [-0.1, -0.05) is 38.5 Å². The van der Waals surface area contributed by atoms with E-state index in [1.807, 2.05) is 0 Å². The Morgan fingerprint density at radius 1 is 0.900 bits per heavy atom. The SMILES string of the molecule is O=P(OC1CCCCC1)(OC1CCCCC1)C(O)CO. The molecule has 0 bridgehead atoms. The summed E-state index contributed by atoms with van der Waals surface area (Å²) >= 11 is 0. The molecule has 2 aliphatic carbocycles. The van der Waals surface area contributed by atoms with Crippen molar-refractivity contribution in [1.29, 1.82) is 0 Å². The molecule has 1 unspecified atom stereocenters. The van der Waals surface area contributed by atoms with Gasteiger partial charge in [-0.15, -0.1) is 0 Å². The quantitative estimate of drug-likeness (QED) is 0.737. The summed E-state index contributed by atoms with van der Waals surface area (Å²) in [6.07, 6.45) is 9.79. The Morgan fingerprint density at radius 3 is 1.65 bits per heavy atom. The number of hydrogen-bond acceptors (Lipinski definition) is 5. The maximum absolute atomic E-state index is 12.8. The molecule has 0 aromatic heterocycles. The number of rotatable bonds is 6. The maximum Gasteiger partial charge on any atom is 0.361 e. The minimum absolute atomic E-state index is 0.112. The first-order valence-electron chi connectivity index (χ1n) is 7.89. The average Bonchev–Trinajstić information content (AvgIpc) is 2.48. The van der Waals surface area contributed by atoms with Crippen LogP contribution in [0.25, 0.3) is 0 Å². The molecule has 0 radical (unpaired) electrons. The third kappa shape index (κ3) is 4.54. The molecule has 5 nitrogen and oxygen atoms in total. The van der Waals surface area contributed by atoms with Crippen LogP contribution in [0, 0.1) is 0 Å². The highest BCUT2D eigenvalue weighted by molar-refractivity contribution is 7.54. The molecule has 2 fully saturated rings. The van der Waals surface area contributed by atoms with E-state index in [-0.39, 0.29) is 12.2 Å². The lowest BCUT2D eigenvalue weighted by Gasteiger charge is -2.32. The summed E-state index contributed by atoms with van der Waals surface area (Å²) in [6.45, 7) is -0.587. The van der Waals surface area contributed by atoms with Gasteiger partial charge in [0.25, 0.3) is 0 Å². The van der Waals surface area contributed by atoms with Crippen molar-refractivity contribution in [3.05, 3.63) is 0 Å². The lowest BCUT2D eigenvalue weighted by Crippen LogP contribution is -2.26. The molecule has 0 aromatic rings. The summed E-state index contributed by atoms with van der Waals surface area (Å²) in [5.74, 6) is -1.42. The summed E-state index contributed by atoms with van der Waals surface area (Å²) in [7, 11) is -3.64. The van der Waals surface area contributed by atoms with Crippen LogP contribution in [0.2, 0.25) is 0 Å². The molecule has 0 amide bonds. The lowest BCUT2D eigenvalue weighted by atomic mass is 9.98. The van der Waals surface area contributed by atoms with E-state index in [0.717, 1.165) is 51.4 Å². The molecule has 2 rings (SSSR count). The smallest absolute Gasteiger partial charge is 0.361 e. The van der Waals surface area contributed by atoms with Crippen LogP contribution in [0.15, 0.2) is 0 Å². The first-order chi connectivity index (χ1) is 9.64. The van der Waals surface area contributed by atoms with Crippen LogP contribution < -0.4 is 0 Å². The van der Waals surface area contributed by atoms with Crippen molar-refractivity contribution in [2.75, 3.05) is 6.61 Å². The van der Waals surface area contributed by atoms with Gasteiger partial charge in [0.1, 0.15) is 0 Å². The van der Waals surface area contributed by atoms with Crippen molar-refractivity contribution >= 4 is 7.60 Å². The highest BCUT2D eigenvalue weighted by Crippen LogP contribution is 2.56. The molecule has 0 saturated heterocycles. The summed E-state index contributed by atoms with van der Waals surface area (Å²) in [6, 6.07) is 0. The second-order valence-electron chi connectivity index (χ2n) is 5.93. The molecule has 0 spiro atoms. The minimum Gasteiger partial charge on any atom is -0.393 e. The van der Waals surface area contributed by atoms with Gasteiger partial charge < -0.3 is 19.3 Å². The molecule has 0 aromatic carbocycles. The predicted octanol–water partition coefficient (Wildman–Crippen LogP) is 3.19. The van der Waals surface area contributed by atoms with Crippen LogP contribution in [-0.2, 0) is 13.6 Å². The number of aliphatic hydroxyl groups is 2. The summed E-state index contributed by atoms with van der Waals surface area (Å²) < 4.78 is 24.1. The fourth-order valence-corrected chi connectivity index (χ4v) is 4.81. The number of aliphatic hydroxyl groups excluding tert-OH is 2. The van der Waals surface area contributed by atoms with Gasteiger partial charge in [0.15, 0.2) is 5.85 Å². The van der Waals surface area contributed by atoms with Crippen LogP contribution in [0.5, 0.6) is 0 Å². The van der Waals surface area contributed by atoms with E-state index in [2.05, 4.69) is 0 Å². The lowest BCUT2D eigenvalue weighted by molar-refractivity contribution is 0.0418. The second-order valence-corrected chi connectivity index (χ2v) is 8.03. The third-order valence-corrected chi connectivity index (χ3v) is 6.30. The monoisotopic (exact) mass is 306 g/mol. The molecule has 2 N–H and O–H groups in total. The van der Waals surface area contributed by atoms with Crippen LogP contribution in [0.4, 0.5) is 0 Å². The zero-order valence-electron chi connectivity index (χ0n) is 12.1. The van der Waals surface area contributed by atoms with E-state index in [1.165, 1.54) is 12.8 Å². The molecule has 6 heteroatoms. The summed E-state index contributed by atoms with van der Waals surface area (Å²) in [4.78, 5) is 0. The van der Waals surface area contributed by atoms with E-state index >= 15 is 0 Å². The van der Waals surface area contributed by atoms with Gasteiger partial charge in [-0.05, 0) is 25.7 Å². The number of hydrogen-bond donors (Lipinski definition) is 2. The van der Waals surface area contributed by atoms with Gasteiger partial charge in [-0.25, -0.2) is 0 Å². The van der Waals surface area contributed by atoms with Crippen molar-refractivity contribution in [3.8, 4) is 0 Å². The Bertz CT molecular complexity index is 300. The predicted molar refractivity (Wildman–Crippen MR) is 76.6 cm³/mol. The largest absolute Gasteiger partial charge is 0.393 e. The molecule has 2 saturated carbocycles. The van der Waals surface area contributed by atoms with Gasteiger partial charge in [-0.2, -0.15) is 0 Å². The zero-order chi connectivity index (χ0) is 14.4. The third-order valence-electron chi connectivity index (χ3n) is 4.22. The van der Waals surface area contributed by atoms with E-state index in [1.54, 1.807) is 0 Å². The topological polar surface area (TPSA) is 76.0 Å². The van der Waals surface area contributed by atoms with Crippen LogP contribution in [0.1, 0.15) is 64.2 Å². The minimum atomic E-state index is -3.64. The average molecular weight is 306 g/mol. The van der Waals surface area contributed by atoms with E-state index in [4.69, 9.17) is 14.2 Å². The summed E-state index contributed by atoms with van der Waals surface area (Å²) in [5, 5.41) is 19.0. The first kappa shape index (κ1) is 16.4. The van der Waals surface area contributed by atoms with Gasteiger partial charge in [0, 0.05) is 0 Å². The van der Waals surface area contributed by atoms with Crippen LogP contribution in [0.3, 0.4) is 0 Å². The molecular formula is C14H27O5P. The molecule has 1 atom stereocenters. The Morgan fingerprint density at radius 2 is 1.30 bits per heavy atom.